The van der Waals surface area contributed by atoms with E-state index in [2.05, 4.69) is 5.32 Å². The van der Waals surface area contributed by atoms with Crippen LogP contribution in [0.25, 0.3) is 0 Å². The average molecular weight is 310 g/mol. The van der Waals surface area contributed by atoms with E-state index in [4.69, 9.17) is 9.47 Å². The van der Waals surface area contributed by atoms with E-state index >= 15 is 0 Å². The fraction of sp³-hybridized carbons (Fsp3) is 0.429. The van der Waals surface area contributed by atoms with Crippen LogP contribution in [0.5, 0.6) is 11.5 Å². The van der Waals surface area contributed by atoms with Crippen molar-refractivity contribution in [3.63, 3.8) is 0 Å². The van der Waals surface area contributed by atoms with Crippen molar-refractivity contribution in [2.24, 2.45) is 0 Å². The molecule has 1 aliphatic heterocycles. The minimum Gasteiger partial charge on any atom is -0.497 e. The van der Waals surface area contributed by atoms with Crippen LogP contribution >= 0.6 is 11.8 Å². The molecular weight excluding hydrogens is 292 g/mol. The molecule has 0 unspecified atom stereocenters. The van der Waals surface area contributed by atoms with Crippen molar-refractivity contribution < 1.29 is 19.1 Å². The average Bonchev–Trinajstić information content (AvgIpc) is 2.87. The fourth-order valence-corrected chi connectivity index (χ4v) is 3.35. The second-order valence-electron chi connectivity index (χ2n) is 4.47. The van der Waals surface area contributed by atoms with Crippen molar-refractivity contribution in [2.75, 3.05) is 33.6 Å². The molecule has 1 aliphatic rings. The van der Waals surface area contributed by atoms with Gasteiger partial charge in [-0.05, 0) is 18.2 Å². The summed E-state index contributed by atoms with van der Waals surface area (Å²) < 4.78 is 10.6. The van der Waals surface area contributed by atoms with Gasteiger partial charge in [-0.2, -0.15) is 0 Å². The number of thioether (sulfide) groups is 1. The van der Waals surface area contributed by atoms with E-state index in [-0.39, 0.29) is 23.7 Å². The Hall–Kier alpha value is -1.89. The van der Waals surface area contributed by atoms with Crippen molar-refractivity contribution >= 4 is 23.6 Å². The van der Waals surface area contributed by atoms with Gasteiger partial charge in [-0.3, -0.25) is 9.59 Å². The monoisotopic (exact) mass is 310 g/mol. The number of hydrogen-bond donors (Lipinski definition) is 1. The van der Waals surface area contributed by atoms with E-state index in [0.29, 0.717) is 17.3 Å². The molecule has 0 aromatic heterocycles. The van der Waals surface area contributed by atoms with Gasteiger partial charge in [0, 0.05) is 12.6 Å². The number of hydrogen-bond acceptors (Lipinski definition) is 5. The zero-order chi connectivity index (χ0) is 15.4. The highest BCUT2D eigenvalue weighted by Gasteiger charge is 2.35. The van der Waals surface area contributed by atoms with Gasteiger partial charge in [-0.25, -0.2) is 0 Å². The van der Waals surface area contributed by atoms with Gasteiger partial charge in [-0.1, -0.05) is 0 Å². The van der Waals surface area contributed by atoms with Crippen molar-refractivity contribution in [1.82, 2.24) is 10.2 Å². The number of likely N-dealkylation sites (N-methyl/N-ethyl adjacent to an activating group) is 1. The van der Waals surface area contributed by atoms with Crippen LogP contribution < -0.4 is 14.8 Å². The largest absolute Gasteiger partial charge is 0.497 e. The molecule has 114 valence electrons. The van der Waals surface area contributed by atoms with Gasteiger partial charge in [0.2, 0.25) is 11.8 Å². The van der Waals surface area contributed by atoms with E-state index in [0.717, 1.165) is 5.56 Å². The highest BCUT2D eigenvalue weighted by Crippen LogP contribution is 2.43. The van der Waals surface area contributed by atoms with E-state index in [1.807, 2.05) is 6.07 Å². The van der Waals surface area contributed by atoms with E-state index in [1.54, 1.807) is 38.3 Å². The summed E-state index contributed by atoms with van der Waals surface area (Å²) in [5, 5.41) is 2.29. The fourth-order valence-electron chi connectivity index (χ4n) is 2.15. The third kappa shape index (κ3) is 3.24. The van der Waals surface area contributed by atoms with Crippen molar-refractivity contribution in [1.29, 1.82) is 0 Å². The predicted octanol–water partition coefficient (Wildman–Crippen LogP) is 1.02. The SMILES string of the molecule is CNC(=O)CN1C(=O)CS[C@H]1c1cc(OC)ccc1OC. The minimum absolute atomic E-state index is 0.0351. The van der Waals surface area contributed by atoms with E-state index < -0.39 is 0 Å². The summed E-state index contributed by atoms with van der Waals surface area (Å²) in [6.45, 7) is 0.0351. The molecule has 6 nitrogen and oxygen atoms in total. The lowest BCUT2D eigenvalue weighted by molar-refractivity contribution is -0.133. The quantitative estimate of drug-likeness (QED) is 0.879. The van der Waals surface area contributed by atoms with Crippen LogP contribution in [0.2, 0.25) is 0 Å². The van der Waals surface area contributed by atoms with Crippen LogP contribution in [-0.4, -0.2) is 50.3 Å². The number of rotatable bonds is 5. The third-order valence-corrected chi connectivity index (χ3v) is 4.50. The molecule has 21 heavy (non-hydrogen) atoms. The maximum atomic E-state index is 12.0. The van der Waals surface area contributed by atoms with Crippen molar-refractivity contribution in [3.05, 3.63) is 23.8 Å². The molecule has 1 atom stereocenters. The van der Waals surface area contributed by atoms with E-state index in [1.165, 1.54) is 11.8 Å². The molecular formula is C14H18N2O4S. The Morgan fingerprint density at radius 3 is 2.81 bits per heavy atom. The number of carbonyl (C=O) groups is 2. The molecule has 1 saturated heterocycles. The first kappa shape index (κ1) is 15.5. The second-order valence-corrected chi connectivity index (χ2v) is 5.53. The molecule has 0 spiro atoms. The Kier molecular flexibility index (Phi) is 4.95. The maximum absolute atomic E-state index is 12.0. The highest BCUT2D eigenvalue weighted by atomic mass is 32.2. The van der Waals surface area contributed by atoms with Crippen LogP contribution in [0.4, 0.5) is 0 Å². The number of benzene rings is 1. The summed E-state index contributed by atoms with van der Waals surface area (Å²) in [5.74, 6) is 1.45. The standard InChI is InChI=1S/C14H18N2O4S/c1-15-12(17)7-16-13(18)8-21-14(16)10-6-9(19-2)4-5-11(10)20-3/h4-6,14H,7-8H2,1-3H3,(H,15,17)/t14-/m0/s1. The topological polar surface area (TPSA) is 67.9 Å². The van der Waals surface area contributed by atoms with Gasteiger partial charge in [-0.15, -0.1) is 11.8 Å². The highest BCUT2D eigenvalue weighted by molar-refractivity contribution is 8.00. The normalized spacial score (nSPS) is 17.8. The van der Waals surface area contributed by atoms with Crippen LogP contribution in [0.15, 0.2) is 18.2 Å². The lowest BCUT2D eigenvalue weighted by Crippen LogP contribution is -2.38. The Morgan fingerprint density at radius 2 is 2.19 bits per heavy atom. The molecule has 1 aromatic rings. The van der Waals surface area contributed by atoms with Gasteiger partial charge in [0.1, 0.15) is 23.4 Å². The minimum atomic E-state index is -0.250. The van der Waals surface area contributed by atoms with Crippen LogP contribution in [-0.2, 0) is 9.59 Å². The van der Waals surface area contributed by atoms with Crippen molar-refractivity contribution in [3.8, 4) is 11.5 Å². The van der Waals surface area contributed by atoms with E-state index in [9.17, 15) is 9.59 Å². The molecule has 0 bridgehead atoms. The summed E-state index contributed by atoms with van der Waals surface area (Å²) in [5.41, 5.74) is 0.830. The molecule has 2 rings (SSSR count). The number of amides is 2. The van der Waals surface area contributed by atoms with Crippen LogP contribution in [0, 0.1) is 0 Å². The lowest BCUT2D eigenvalue weighted by atomic mass is 10.1. The Morgan fingerprint density at radius 1 is 1.43 bits per heavy atom. The first-order valence-electron chi connectivity index (χ1n) is 6.44. The van der Waals surface area contributed by atoms with Crippen LogP contribution in [0.3, 0.4) is 0 Å². The zero-order valence-electron chi connectivity index (χ0n) is 12.2. The number of nitrogens with zero attached hydrogens (tertiary/aromatic N) is 1. The molecule has 1 fully saturated rings. The summed E-state index contributed by atoms with van der Waals surface area (Å²) >= 11 is 1.47. The number of ether oxygens (including phenoxy) is 2. The summed E-state index contributed by atoms with van der Waals surface area (Å²) in [6.07, 6.45) is 0. The molecule has 7 heteroatoms. The molecule has 0 saturated carbocycles. The summed E-state index contributed by atoms with van der Waals surface area (Å²) in [7, 11) is 4.72. The van der Waals surface area contributed by atoms with Gasteiger partial charge < -0.3 is 19.7 Å². The summed E-state index contributed by atoms with van der Waals surface area (Å²) in [6, 6.07) is 5.44. The first-order chi connectivity index (χ1) is 10.1. The van der Waals surface area contributed by atoms with Gasteiger partial charge in [0.05, 0.1) is 20.0 Å². The number of nitrogens with one attached hydrogen (secondary N) is 1. The number of methoxy groups -OCH3 is 2. The zero-order valence-corrected chi connectivity index (χ0v) is 13.0. The Bertz CT molecular complexity index is 550. The van der Waals surface area contributed by atoms with Crippen LogP contribution in [0.1, 0.15) is 10.9 Å². The smallest absolute Gasteiger partial charge is 0.239 e. The molecule has 1 N–H and O–H groups in total. The molecule has 1 heterocycles. The Balaban J connectivity index is 2.34. The lowest BCUT2D eigenvalue weighted by Gasteiger charge is -2.25. The molecule has 2 amide bonds. The molecule has 0 radical (unpaired) electrons. The first-order valence-corrected chi connectivity index (χ1v) is 7.49. The predicted molar refractivity (Wildman–Crippen MR) is 80.5 cm³/mol. The second kappa shape index (κ2) is 6.71. The maximum Gasteiger partial charge on any atom is 0.239 e. The third-order valence-electron chi connectivity index (χ3n) is 3.26. The van der Waals surface area contributed by atoms with Crippen molar-refractivity contribution in [2.45, 2.75) is 5.37 Å². The summed E-state index contributed by atoms with van der Waals surface area (Å²) in [4.78, 5) is 25.2. The Labute approximate surface area is 127 Å². The molecule has 1 aromatic carbocycles. The van der Waals surface area contributed by atoms with Gasteiger partial charge >= 0.3 is 0 Å². The van der Waals surface area contributed by atoms with Gasteiger partial charge in [0.25, 0.3) is 0 Å². The number of carbonyl (C=O) groups excluding carboxylic acids is 2. The molecule has 0 aliphatic carbocycles. The van der Waals surface area contributed by atoms with Gasteiger partial charge in [0.15, 0.2) is 0 Å².